The first kappa shape index (κ1) is 30.4. The van der Waals surface area contributed by atoms with Gasteiger partial charge in [0.05, 0.1) is 5.92 Å². The summed E-state index contributed by atoms with van der Waals surface area (Å²) in [6.45, 7) is 4.42. The Bertz CT molecular complexity index is 565. The quantitative estimate of drug-likeness (QED) is 0.128. The van der Waals surface area contributed by atoms with E-state index in [2.05, 4.69) is 13.8 Å². The van der Waals surface area contributed by atoms with E-state index in [9.17, 15) is 14.4 Å². The Hall–Kier alpha value is -1.59. The summed E-state index contributed by atoms with van der Waals surface area (Å²) >= 11 is 0. The van der Waals surface area contributed by atoms with Crippen molar-refractivity contribution < 1.29 is 23.9 Å². The molecule has 198 valence electrons. The van der Waals surface area contributed by atoms with Gasteiger partial charge in [-0.15, -0.1) is 0 Å². The van der Waals surface area contributed by atoms with Gasteiger partial charge in [-0.05, 0) is 32.1 Å². The van der Waals surface area contributed by atoms with Crippen molar-refractivity contribution in [1.82, 2.24) is 0 Å². The second-order valence-corrected chi connectivity index (χ2v) is 10.1. The molecule has 1 fully saturated rings. The lowest BCUT2D eigenvalue weighted by atomic mass is 9.86. The number of carbonyl (C=O) groups excluding carboxylic acids is 3. The Balaban J connectivity index is 2.41. The van der Waals surface area contributed by atoms with Gasteiger partial charge in [-0.3, -0.25) is 14.4 Å². The highest BCUT2D eigenvalue weighted by atomic mass is 16.6. The van der Waals surface area contributed by atoms with Gasteiger partial charge in [0.1, 0.15) is 12.2 Å². The summed E-state index contributed by atoms with van der Waals surface area (Å²) in [5, 5.41) is 0. The van der Waals surface area contributed by atoms with Gasteiger partial charge in [-0.2, -0.15) is 0 Å². The number of unbranched alkanes of at least 4 members (excludes halogenated alkanes) is 12. The Kier molecular flexibility index (Phi) is 17.6. The van der Waals surface area contributed by atoms with E-state index in [1.165, 1.54) is 57.8 Å². The molecule has 0 aromatic carbocycles. The summed E-state index contributed by atoms with van der Waals surface area (Å²) in [6.07, 6.45) is 19.6. The molecule has 0 aliphatic carbocycles. The smallest absolute Gasteiger partial charge is 0.313 e. The summed E-state index contributed by atoms with van der Waals surface area (Å²) in [6, 6.07) is 0. The molecule has 34 heavy (non-hydrogen) atoms. The van der Waals surface area contributed by atoms with Crippen molar-refractivity contribution >= 4 is 17.8 Å². The summed E-state index contributed by atoms with van der Waals surface area (Å²) < 4.78 is 11.3. The van der Waals surface area contributed by atoms with Gasteiger partial charge in [0.15, 0.2) is 0 Å². The van der Waals surface area contributed by atoms with Gasteiger partial charge in [0.25, 0.3) is 0 Å². The molecule has 0 aromatic rings. The van der Waals surface area contributed by atoms with Crippen LogP contribution in [-0.2, 0) is 23.9 Å². The Morgan fingerprint density at radius 1 is 0.824 bits per heavy atom. The lowest BCUT2D eigenvalue weighted by Crippen LogP contribution is -2.47. The van der Waals surface area contributed by atoms with Crippen LogP contribution >= 0.6 is 0 Å². The topological polar surface area (TPSA) is 95.7 Å². The Morgan fingerprint density at radius 2 is 1.38 bits per heavy atom. The van der Waals surface area contributed by atoms with E-state index in [0.717, 1.165) is 38.5 Å². The van der Waals surface area contributed by atoms with Crippen LogP contribution in [0.4, 0.5) is 0 Å². The fourth-order valence-corrected chi connectivity index (χ4v) is 4.69. The van der Waals surface area contributed by atoms with Crippen LogP contribution in [0.3, 0.4) is 0 Å². The van der Waals surface area contributed by atoms with Gasteiger partial charge >= 0.3 is 11.9 Å². The minimum absolute atomic E-state index is 0.0447. The summed E-state index contributed by atoms with van der Waals surface area (Å²) in [5.41, 5.74) is 5.17. The minimum atomic E-state index is -0.339. The molecular formula is C28H51NO5. The van der Waals surface area contributed by atoms with Gasteiger partial charge in [0, 0.05) is 19.3 Å². The van der Waals surface area contributed by atoms with Crippen LogP contribution in [0.15, 0.2) is 0 Å². The summed E-state index contributed by atoms with van der Waals surface area (Å²) in [7, 11) is 0. The molecule has 2 N–H and O–H groups in total. The van der Waals surface area contributed by atoms with Crippen LogP contribution in [0, 0.1) is 5.92 Å². The van der Waals surface area contributed by atoms with E-state index in [4.69, 9.17) is 15.2 Å². The van der Waals surface area contributed by atoms with Crippen LogP contribution in [0.2, 0.25) is 0 Å². The third-order valence-corrected chi connectivity index (χ3v) is 6.86. The number of ether oxygens (including phenoxy) is 2. The Morgan fingerprint density at radius 3 is 1.97 bits per heavy atom. The first-order valence-corrected chi connectivity index (χ1v) is 14.2. The highest BCUT2D eigenvalue weighted by Gasteiger charge is 2.43. The average Bonchev–Trinajstić information content (AvgIpc) is 2.80. The lowest BCUT2D eigenvalue weighted by molar-refractivity contribution is -0.190. The van der Waals surface area contributed by atoms with Crippen molar-refractivity contribution in [3.05, 3.63) is 0 Å². The first-order chi connectivity index (χ1) is 16.5. The zero-order chi connectivity index (χ0) is 25.0. The van der Waals surface area contributed by atoms with Crippen LogP contribution in [0.5, 0.6) is 0 Å². The van der Waals surface area contributed by atoms with Gasteiger partial charge in [-0.25, -0.2) is 0 Å². The molecule has 6 nitrogen and oxygen atoms in total. The van der Waals surface area contributed by atoms with Crippen LogP contribution in [0.1, 0.15) is 142 Å². The van der Waals surface area contributed by atoms with Crippen molar-refractivity contribution in [2.24, 2.45) is 11.7 Å². The zero-order valence-corrected chi connectivity index (χ0v) is 22.0. The number of amides is 1. The number of esters is 2. The maximum Gasteiger partial charge on any atom is 0.313 e. The van der Waals surface area contributed by atoms with Crippen molar-refractivity contribution in [2.45, 2.75) is 154 Å². The first-order valence-electron chi connectivity index (χ1n) is 14.2. The third-order valence-electron chi connectivity index (χ3n) is 6.86. The predicted octanol–water partition coefficient (Wildman–Crippen LogP) is 6.77. The molecule has 1 rings (SSSR count). The van der Waals surface area contributed by atoms with E-state index in [-0.39, 0.29) is 36.0 Å². The van der Waals surface area contributed by atoms with Crippen molar-refractivity contribution in [2.75, 3.05) is 0 Å². The molecule has 3 atom stereocenters. The van der Waals surface area contributed by atoms with E-state index >= 15 is 0 Å². The molecular weight excluding hydrogens is 430 g/mol. The molecule has 1 aliphatic heterocycles. The monoisotopic (exact) mass is 481 g/mol. The fourth-order valence-electron chi connectivity index (χ4n) is 4.69. The van der Waals surface area contributed by atoms with Gasteiger partial charge in [-0.1, -0.05) is 90.9 Å². The Labute approximate surface area is 208 Å². The van der Waals surface area contributed by atoms with E-state index in [1.807, 2.05) is 0 Å². The fraction of sp³-hybridized carbons (Fsp3) is 0.893. The SMILES string of the molecule is CCCCCCCCCCC[C@@H](C[C@@H]1OC(=O)[C@H]1CCCCCC)OC(=O)CCCCC(N)=O. The number of hydrogen-bond acceptors (Lipinski definition) is 5. The van der Waals surface area contributed by atoms with E-state index in [0.29, 0.717) is 32.1 Å². The minimum Gasteiger partial charge on any atom is -0.462 e. The lowest BCUT2D eigenvalue weighted by Gasteiger charge is -2.37. The second-order valence-electron chi connectivity index (χ2n) is 10.1. The van der Waals surface area contributed by atoms with Crippen molar-refractivity contribution in [3.63, 3.8) is 0 Å². The number of primary amides is 1. The van der Waals surface area contributed by atoms with Crippen LogP contribution < -0.4 is 5.73 Å². The summed E-state index contributed by atoms with van der Waals surface area (Å²) in [5.74, 6) is -0.707. The highest BCUT2D eigenvalue weighted by Crippen LogP contribution is 2.32. The largest absolute Gasteiger partial charge is 0.462 e. The molecule has 0 bridgehead atoms. The number of cyclic esters (lactones) is 1. The molecule has 0 radical (unpaired) electrons. The highest BCUT2D eigenvalue weighted by molar-refractivity contribution is 5.78. The van der Waals surface area contributed by atoms with E-state index in [1.54, 1.807) is 0 Å². The maximum absolute atomic E-state index is 12.4. The standard InChI is InChI=1S/C28H51NO5/c1-3-5-7-9-10-11-12-13-14-18-23(33-27(31)21-17-16-20-26(29)30)22-25-24(28(32)34-25)19-15-8-6-4-2/h23-25H,3-22H2,1-2H3,(H2,29,30)/t23-,24-,25-/m0/s1. The number of carbonyl (C=O) groups is 3. The van der Waals surface area contributed by atoms with Crippen LogP contribution in [-0.4, -0.2) is 30.1 Å². The molecule has 0 aromatic heterocycles. The average molecular weight is 482 g/mol. The third kappa shape index (κ3) is 14.6. The molecule has 1 aliphatic rings. The molecule has 0 saturated carbocycles. The van der Waals surface area contributed by atoms with Crippen molar-refractivity contribution in [3.8, 4) is 0 Å². The molecule has 1 heterocycles. The second kappa shape index (κ2) is 19.7. The van der Waals surface area contributed by atoms with Crippen LogP contribution in [0.25, 0.3) is 0 Å². The summed E-state index contributed by atoms with van der Waals surface area (Å²) in [4.78, 5) is 35.3. The van der Waals surface area contributed by atoms with Gasteiger partial charge in [0.2, 0.25) is 5.91 Å². The zero-order valence-electron chi connectivity index (χ0n) is 22.0. The maximum atomic E-state index is 12.4. The number of hydrogen-bond donors (Lipinski definition) is 1. The van der Waals surface area contributed by atoms with Gasteiger partial charge < -0.3 is 15.2 Å². The molecule has 0 unspecified atom stereocenters. The molecule has 6 heteroatoms. The number of rotatable bonds is 23. The molecule has 1 amide bonds. The number of nitrogens with two attached hydrogens (primary N) is 1. The van der Waals surface area contributed by atoms with Crippen molar-refractivity contribution in [1.29, 1.82) is 0 Å². The van der Waals surface area contributed by atoms with E-state index < -0.39 is 0 Å². The normalized spacial score (nSPS) is 18.2. The predicted molar refractivity (Wildman–Crippen MR) is 136 cm³/mol. The molecule has 0 spiro atoms. The molecule has 1 saturated heterocycles.